The Kier molecular flexibility index (Phi) is 3.59. The van der Waals surface area contributed by atoms with E-state index in [1.54, 1.807) is 5.32 Å². The molecule has 0 aromatic carbocycles. The van der Waals surface area contributed by atoms with Gasteiger partial charge in [0.2, 0.25) is 0 Å². The molecular weight excluding hydrogens is 244 g/mol. The zero-order chi connectivity index (χ0) is 13.2. The van der Waals surface area contributed by atoms with E-state index in [0.717, 1.165) is 0 Å². The first kappa shape index (κ1) is 13.3. The Morgan fingerprint density at radius 2 is 2.24 bits per heavy atom. The van der Waals surface area contributed by atoms with Crippen LogP contribution in [0.2, 0.25) is 0 Å². The Balaban J connectivity index is 2.65. The van der Waals surface area contributed by atoms with Gasteiger partial charge in [-0.05, 0) is 0 Å². The molecule has 3 N–H and O–H groups in total. The van der Waals surface area contributed by atoms with E-state index in [9.17, 15) is 22.4 Å². The third kappa shape index (κ3) is 3.08. The molecule has 0 aliphatic rings. The monoisotopic (exact) mass is 254 g/mol. The number of nitrogens with one attached hydrogen (secondary N) is 1. The van der Waals surface area contributed by atoms with Crippen LogP contribution >= 0.6 is 0 Å². The highest BCUT2D eigenvalue weighted by Crippen LogP contribution is 2.21. The molecule has 0 aliphatic carbocycles. The highest BCUT2D eigenvalue weighted by Gasteiger charge is 2.41. The first-order chi connectivity index (χ1) is 7.74. The summed E-state index contributed by atoms with van der Waals surface area (Å²) >= 11 is 0. The summed E-state index contributed by atoms with van der Waals surface area (Å²) in [6.45, 7) is -1.47. The topological polar surface area (TPSA) is 72.9 Å². The Bertz CT molecular complexity index is 418. The molecule has 0 unspecified atom stereocenters. The van der Waals surface area contributed by atoms with Crippen LogP contribution in [0.15, 0.2) is 6.20 Å². The number of halogens is 4. The highest BCUT2D eigenvalue weighted by atomic mass is 19.3. The quantitative estimate of drug-likeness (QED) is 0.774. The average molecular weight is 254 g/mol. The molecule has 1 aromatic heterocycles. The van der Waals surface area contributed by atoms with E-state index < -0.39 is 24.8 Å². The van der Waals surface area contributed by atoms with Crippen molar-refractivity contribution in [3.05, 3.63) is 11.9 Å². The number of hydrogen-bond donors (Lipinski definition) is 2. The van der Waals surface area contributed by atoms with Crippen molar-refractivity contribution in [2.75, 3.05) is 12.3 Å². The number of hydrogen-bond acceptors (Lipinski definition) is 3. The molecule has 0 saturated carbocycles. The zero-order valence-electron chi connectivity index (χ0n) is 8.75. The van der Waals surface area contributed by atoms with E-state index in [-0.39, 0.29) is 11.4 Å². The zero-order valence-corrected chi connectivity index (χ0v) is 8.75. The van der Waals surface area contributed by atoms with E-state index in [1.807, 2.05) is 0 Å². The number of aryl methyl sites for hydroxylation is 1. The van der Waals surface area contributed by atoms with Gasteiger partial charge in [0.25, 0.3) is 5.91 Å². The number of carbonyl (C=O) groups excluding carboxylic acids is 1. The number of anilines is 1. The summed E-state index contributed by atoms with van der Waals surface area (Å²) in [6, 6.07) is 0. The molecule has 0 bridgehead atoms. The minimum Gasteiger partial charge on any atom is -0.396 e. The van der Waals surface area contributed by atoms with Gasteiger partial charge >= 0.3 is 12.3 Å². The molecule has 1 amide bonds. The molecule has 1 heterocycles. The minimum absolute atomic E-state index is 0.0228. The average Bonchev–Trinajstić information content (AvgIpc) is 2.54. The molecular formula is C8H10F4N4O. The van der Waals surface area contributed by atoms with Gasteiger partial charge in [-0.2, -0.15) is 13.9 Å². The van der Waals surface area contributed by atoms with Gasteiger partial charge in [-0.3, -0.25) is 9.48 Å². The molecule has 0 saturated heterocycles. The van der Waals surface area contributed by atoms with Crippen LogP contribution in [-0.2, 0) is 7.05 Å². The number of nitrogen functional groups attached to an aromatic ring is 1. The molecule has 96 valence electrons. The van der Waals surface area contributed by atoms with Crippen molar-refractivity contribution >= 4 is 11.6 Å². The van der Waals surface area contributed by atoms with Crippen molar-refractivity contribution in [3.63, 3.8) is 0 Å². The van der Waals surface area contributed by atoms with Crippen LogP contribution in [-0.4, -0.2) is 34.6 Å². The fourth-order valence-corrected chi connectivity index (χ4v) is 1.04. The van der Waals surface area contributed by atoms with Gasteiger partial charge in [-0.15, -0.1) is 0 Å². The van der Waals surface area contributed by atoms with E-state index in [0.29, 0.717) is 0 Å². The molecule has 0 radical (unpaired) electrons. The fraction of sp³-hybridized carbons (Fsp3) is 0.500. The van der Waals surface area contributed by atoms with Gasteiger partial charge in [0, 0.05) is 13.2 Å². The van der Waals surface area contributed by atoms with Gasteiger partial charge in [-0.1, -0.05) is 0 Å². The van der Waals surface area contributed by atoms with E-state index >= 15 is 0 Å². The van der Waals surface area contributed by atoms with E-state index in [2.05, 4.69) is 5.10 Å². The van der Waals surface area contributed by atoms with Crippen molar-refractivity contribution in [2.24, 2.45) is 7.05 Å². The number of nitrogens with two attached hydrogens (primary N) is 1. The number of aromatic nitrogens is 2. The van der Waals surface area contributed by atoms with Crippen LogP contribution in [0.5, 0.6) is 0 Å². The molecule has 1 aromatic rings. The molecule has 0 atom stereocenters. The van der Waals surface area contributed by atoms with Gasteiger partial charge in [0.05, 0.1) is 12.2 Å². The van der Waals surface area contributed by atoms with Crippen LogP contribution < -0.4 is 11.1 Å². The molecule has 0 fully saturated rings. The normalized spacial score (nSPS) is 11.9. The second kappa shape index (κ2) is 4.60. The summed E-state index contributed by atoms with van der Waals surface area (Å²) in [7, 11) is 1.47. The van der Waals surface area contributed by atoms with Gasteiger partial charge in [0.15, 0.2) is 5.69 Å². The van der Waals surface area contributed by atoms with Crippen LogP contribution in [0.1, 0.15) is 10.5 Å². The number of carbonyl (C=O) groups is 1. The van der Waals surface area contributed by atoms with Crippen molar-refractivity contribution in [3.8, 4) is 0 Å². The summed E-state index contributed by atoms with van der Waals surface area (Å²) in [5, 5.41) is 5.25. The molecule has 9 heteroatoms. The largest absolute Gasteiger partial charge is 0.396 e. The number of amides is 1. The first-order valence-electron chi connectivity index (χ1n) is 4.47. The molecule has 1 rings (SSSR count). The lowest BCUT2D eigenvalue weighted by Crippen LogP contribution is -2.41. The van der Waals surface area contributed by atoms with Crippen molar-refractivity contribution in [2.45, 2.75) is 12.3 Å². The molecule has 17 heavy (non-hydrogen) atoms. The van der Waals surface area contributed by atoms with Crippen molar-refractivity contribution < 1.29 is 22.4 Å². The third-order valence-corrected chi connectivity index (χ3v) is 1.88. The predicted molar refractivity (Wildman–Crippen MR) is 50.9 cm³/mol. The lowest BCUT2D eigenvalue weighted by Gasteiger charge is -2.15. The molecule has 0 aliphatic heterocycles. The van der Waals surface area contributed by atoms with E-state index in [1.165, 1.54) is 17.9 Å². The second-order valence-corrected chi connectivity index (χ2v) is 3.35. The van der Waals surface area contributed by atoms with Gasteiger partial charge < -0.3 is 11.1 Å². The number of rotatable bonds is 4. The third-order valence-electron chi connectivity index (χ3n) is 1.88. The highest BCUT2D eigenvalue weighted by molar-refractivity contribution is 5.97. The summed E-state index contributed by atoms with van der Waals surface area (Å²) < 4.78 is 49.8. The smallest absolute Gasteiger partial charge is 0.324 e. The first-order valence-corrected chi connectivity index (χ1v) is 4.47. The number of nitrogens with zero attached hydrogens (tertiary/aromatic N) is 2. The SMILES string of the molecule is Cn1cc(N)c(C(=O)NCC(F)(F)C(F)F)n1. The van der Waals surface area contributed by atoms with Crippen molar-refractivity contribution in [1.29, 1.82) is 0 Å². The number of alkyl halides is 4. The predicted octanol–water partition coefficient (Wildman–Crippen LogP) is 0.632. The van der Waals surface area contributed by atoms with Gasteiger partial charge in [0.1, 0.15) is 0 Å². The molecule has 0 spiro atoms. The maximum absolute atomic E-state index is 12.5. The lowest BCUT2D eigenvalue weighted by atomic mass is 10.3. The van der Waals surface area contributed by atoms with Crippen LogP contribution in [0, 0.1) is 0 Å². The van der Waals surface area contributed by atoms with Crippen molar-refractivity contribution in [1.82, 2.24) is 15.1 Å². The van der Waals surface area contributed by atoms with E-state index in [4.69, 9.17) is 5.73 Å². The fourth-order valence-electron chi connectivity index (χ4n) is 1.04. The maximum Gasteiger partial charge on any atom is 0.324 e. The maximum atomic E-state index is 12.5. The van der Waals surface area contributed by atoms with Crippen LogP contribution in [0.3, 0.4) is 0 Å². The standard InChI is InChI=1S/C8H10F4N4O/c1-16-2-4(13)5(15-16)6(17)14-3-8(11,12)7(9)10/h2,7H,3,13H2,1H3,(H,14,17). The summed E-state index contributed by atoms with van der Waals surface area (Å²) in [6.07, 6.45) is -2.55. The Hall–Kier alpha value is -1.80. The summed E-state index contributed by atoms with van der Waals surface area (Å²) in [5.41, 5.74) is 5.06. The second-order valence-electron chi connectivity index (χ2n) is 3.35. The summed E-state index contributed by atoms with van der Waals surface area (Å²) in [5.74, 6) is -5.30. The Morgan fingerprint density at radius 3 is 2.65 bits per heavy atom. The minimum atomic E-state index is -4.28. The summed E-state index contributed by atoms with van der Waals surface area (Å²) in [4.78, 5) is 11.3. The Labute approximate surface area is 93.6 Å². The Morgan fingerprint density at radius 1 is 1.65 bits per heavy atom. The lowest BCUT2D eigenvalue weighted by molar-refractivity contribution is -0.123. The molecule has 5 nitrogen and oxygen atoms in total. The van der Waals surface area contributed by atoms with Crippen LogP contribution in [0.4, 0.5) is 23.2 Å². The van der Waals surface area contributed by atoms with Crippen LogP contribution in [0.25, 0.3) is 0 Å². The van der Waals surface area contributed by atoms with Gasteiger partial charge in [-0.25, -0.2) is 8.78 Å².